The molecule has 0 aromatic rings. The number of nitriles is 1. The molecule has 4 aliphatic carbocycles. The second kappa shape index (κ2) is 12.5. The first kappa shape index (κ1) is 25.6. The Labute approximate surface area is 206 Å². The van der Waals surface area contributed by atoms with Crippen molar-refractivity contribution in [2.75, 3.05) is 0 Å². The average molecular weight is 454 g/mol. The fraction of sp³-hybridized carbons (Fsp3) is 0.969. The van der Waals surface area contributed by atoms with Gasteiger partial charge in [0.1, 0.15) is 0 Å². The average Bonchev–Trinajstić information content (AvgIpc) is 2.86. The van der Waals surface area contributed by atoms with Crippen molar-refractivity contribution in [1.29, 1.82) is 5.26 Å². The lowest BCUT2D eigenvalue weighted by molar-refractivity contribution is -0.0718. The number of hydrogen-bond acceptors (Lipinski definition) is 1. The summed E-state index contributed by atoms with van der Waals surface area (Å²) in [6.07, 6.45) is 29.8. The van der Waals surface area contributed by atoms with Crippen LogP contribution in [-0.4, -0.2) is 0 Å². The Balaban J connectivity index is 1.32. The molecule has 0 amide bonds. The summed E-state index contributed by atoms with van der Waals surface area (Å²) in [5.41, 5.74) is 0.0344. The van der Waals surface area contributed by atoms with Crippen molar-refractivity contribution in [3.63, 3.8) is 0 Å². The Bertz CT molecular complexity index is 618. The zero-order valence-corrected chi connectivity index (χ0v) is 22.3. The summed E-state index contributed by atoms with van der Waals surface area (Å²) >= 11 is 0. The van der Waals surface area contributed by atoms with Gasteiger partial charge in [-0.3, -0.25) is 0 Å². The van der Waals surface area contributed by atoms with Gasteiger partial charge in [-0.05, 0) is 99.2 Å². The van der Waals surface area contributed by atoms with Gasteiger partial charge in [0, 0.05) is 0 Å². The molecule has 1 nitrogen and oxygen atoms in total. The molecule has 188 valence electrons. The number of rotatable bonds is 11. The number of unbranched alkanes of at least 4 members (excludes halogenated alkanes) is 7. The molecule has 0 saturated heterocycles. The van der Waals surface area contributed by atoms with E-state index in [9.17, 15) is 5.26 Å². The van der Waals surface area contributed by atoms with Gasteiger partial charge in [-0.25, -0.2) is 0 Å². The highest BCUT2D eigenvalue weighted by Crippen LogP contribution is 2.60. The van der Waals surface area contributed by atoms with Crippen LogP contribution in [0.4, 0.5) is 0 Å². The van der Waals surface area contributed by atoms with Crippen LogP contribution in [0.5, 0.6) is 0 Å². The quantitative estimate of drug-likeness (QED) is 0.285. The van der Waals surface area contributed by atoms with Crippen molar-refractivity contribution in [2.24, 2.45) is 46.8 Å². The normalized spacial score (nSPS) is 40.3. The molecule has 0 aliphatic heterocycles. The minimum absolute atomic E-state index is 0.0344. The lowest BCUT2D eigenvalue weighted by Crippen LogP contribution is -2.49. The second-order valence-corrected chi connectivity index (χ2v) is 13.1. The minimum Gasteiger partial charge on any atom is -0.198 e. The Hall–Kier alpha value is -0.510. The van der Waals surface area contributed by atoms with Crippen LogP contribution in [0.1, 0.15) is 149 Å². The molecule has 1 heteroatoms. The Morgan fingerprint density at radius 1 is 0.667 bits per heavy atom. The summed E-state index contributed by atoms with van der Waals surface area (Å²) < 4.78 is 0. The Kier molecular flexibility index (Phi) is 9.65. The first-order chi connectivity index (χ1) is 16.2. The number of hydrogen-bond donors (Lipinski definition) is 0. The first-order valence-electron chi connectivity index (χ1n) is 15.6. The maximum absolute atomic E-state index is 10.2. The maximum atomic E-state index is 10.2. The van der Waals surface area contributed by atoms with E-state index in [-0.39, 0.29) is 5.41 Å². The first-order valence-corrected chi connectivity index (χ1v) is 15.6. The van der Waals surface area contributed by atoms with Crippen LogP contribution < -0.4 is 0 Å². The molecule has 4 aliphatic rings. The van der Waals surface area contributed by atoms with Gasteiger partial charge in [-0.2, -0.15) is 5.26 Å². The zero-order valence-electron chi connectivity index (χ0n) is 22.3. The van der Waals surface area contributed by atoms with Gasteiger partial charge in [0.25, 0.3) is 0 Å². The summed E-state index contributed by atoms with van der Waals surface area (Å²) in [6.45, 7) is 4.62. The van der Waals surface area contributed by atoms with E-state index in [2.05, 4.69) is 19.9 Å². The van der Waals surface area contributed by atoms with Crippen LogP contribution in [0, 0.1) is 58.2 Å². The summed E-state index contributed by atoms with van der Waals surface area (Å²) in [7, 11) is 0. The van der Waals surface area contributed by atoms with Crippen molar-refractivity contribution in [2.45, 2.75) is 149 Å². The summed E-state index contributed by atoms with van der Waals surface area (Å²) in [5, 5.41) is 10.2. The molecule has 33 heavy (non-hydrogen) atoms. The maximum Gasteiger partial charge on any atom is 0.0689 e. The third-order valence-electron chi connectivity index (χ3n) is 11.3. The van der Waals surface area contributed by atoms with E-state index in [1.54, 1.807) is 19.3 Å². The van der Waals surface area contributed by atoms with Gasteiger partial charge in [0.2, 0.25) is 0 Å². The Morgan fingerprint density at radius 2 is 1.33 bits per heavy atom. The molecule has 8 atom stereocenters. The number of nitrogens with zero attached hydrogens (tertiary/aromatic N) is 1. The van der Waals surface area contributed by atoms with Crippen LogP contribution in [0.15, 0.2) is 0 Å². The molecule has 0 spiro atoms. The van der Waals surface area contributed by atoms with Crippen LogP contribution in [-0.2, 0) is 0 Å². The monoisotopic (exact) mass is 453 g/mol. The summed E-state index contributed by atoms with van der Waals surface area (Å²) in [5.74, 6) is 7.11. The minimum atomic E-state index is 0.0344. The lowest BCUT2D eigenvalue weighted by Gasteiger charge is -2.57. The molecule has 4 saturated carbocycles. The van der Waals surface area contributed by atoms with E-state index >= 15 is 0 Å². The molecule has 4 fully saturated rings. The predicted molar refractivity (Wildman–Crippen MR) is 141 cm³/mol. The standard InChI is InChI=1S/C32H55N/c1-3-5-7-9-10-13-25-14-12-15-29-27(25)18-19-30-28-20-22-32(24-33,21-11-8-6-4-2)23-26(28)16-17-31(29)30/h25-31H,3-23H2,1-2H3/t25-,26?,27?,28?,29?,30?,31?,32-/m1/s1. The number of fused-ring (bicyclic) bond motifs is 5. The fourth-order valence-corrected chi connectivity index (χ4v) is 9.61. The van der Waals surface area contributed by atoms with Crippen molar-refractivity contribution < 1.29 is 0 Å². The molecular formula is C32H55N. The van der Waals surface area contributed by atoms with Gasteiger partial charge >= 0.3 is 0 Å². The molecule has 0 aromatic heterocycles. The highest BCUT2D eigenvalue weighted by Gasteiger charge is 2.52. The fourth-order valence-electron chi connectivity index (χ4n) is 9.61. The van der Waals surface area contributed by atoms with E-state index in [1.165, 1.54) is 116 Å². The second-order valence-electron chi connectivity index (χ2n) is 13.1. The van der Waals surface area contributed by atoms with Gasteiger partial charge < -0.3 is 0 Å². The topological polar surface area (TPSA) is 23.8 Å². The highest BCUT2D eigenvalue weighted by atomic mass is 14.6. The van der Waals surface area contributed by atoms with Gasteiger partial charge in [0.15, 0.2) is 0 Å². The lowest BCUT2D eigenvalue weighted by atomic mass is 9.48. The van der Waals surface area contributed by atoms with E-state index in [1.807, 2.05) is 0 Å². The molecular weight excluding hydrogens is 398 g/mol. The van der Waals surface area contributed by atoms with Gasteiger partial charge in [-0.1, -0.05) is 90.9 Å². The molecule has 0 aromatic carbocycles. The van der Waals surface area contributed by atoms with E-state index in [4.69, 9.17) is 0 Å². The van der Waals surface area contributed by atoms with E-state index in [0.717, 1.165) is 41.4 Å². The van der Waals surface area contributed by atoms with Crippen molar-refractivity contribution in [3.05, 3.63) is 0 Å². The Morgan fingerprint density at radius 3 is 2.12 bits per heavy atom. The van der Waals surface area contributed by atoms with Crippen molar-refractivity contribution >= 4 is 0 Å². The molecule has 0 heterocycles. The molecule has 0 N–H and O–H groups in total. The van der Waals surface area contributed by atoms with Crippen molar-refractivity contribution in [1.82, 2.24) is 0 Å². The van der Waals surface area contributed by atoms with Crippen LogP contribution in [0.25, 0.3) is 0 Å². The van der Waals surface area contributed by atoms with Crippen molar-refractivity contribution in [3.8, 4) is 6.07 Å². The van der Waals surface area contributed by atoms with E-state index in [0.29, 0.717) is 0 Å². The third-order valence-corrected chi connectivity index (χ3v) is 11.3. The smallest absolute Gasteiger partial charge is 0.0689 e. The van der Waals surface area contributed by atoms with Crippen LogP contribution in [0.3, 0.4) is 0 Å². The molecule has 6 unspecified atom stereocenters. The van der Waals surface area contributed by atoms with E-state index < -0.39 is 0 Å². The summed E-state index contributed by atoms with van der Waals surface area (Å²) in [6, 6.07) is 2.88. The molecule has 4 rings (SSSR count). The molecule has 0 radical (unpaired) electrons. The largest absolute Gasteiger partial charge is 0.198 e. The van der Waals surface area contributed by atoms with Crippen LogP contribution >= 0.6 is 0 Å². The van der Waals surface area contributed by atoms with Gasteiger partial charge in [0.05, 0.1) is 11.5 Å². The SMILES string of the molecule is CCCCCCC[C@@H]1CCCC2C3CCC4C[C@@](C#N)(CCCCCC)CCC4C3CCC21. The molecule has 0 bridgehead atoms. The van der Waals surface area contributed by atoms with Crippen LogP contribution in [0.2, 0.25) is 0 Å². The predicted octanol–water partition coefficient (Wildman–Crippen LogP) is 10.1. The highest BCUT2D eigenvalue weighted by molar-refractivity contribution is 5.07. The third kappa shape index (κ3) is 6.01. The summed E-state index contributed by atoms with van der Waals surface area (Å²) in [4.78, 5) is 0. The zero-order chi connectivity index (χ0) is 23.1. The van der Waals surface area contributed by atoms with Gasteiger partial charge in [-0.15, -0.1) is 0 Å².